The molecule has 0 aliphatic rings. The molecule has 0 aromatic heterocycles. The maximum Gasteiger partial charge on any atom is 0.584 e. The summed E-state index contributed by atoms with van der Waals surface area (Å²) in [7, 11) is -4.68. The van der Waals surface area contributed by atoms with Crippen LogP contribution in [0.15, 0.2) is 48.5 Å². The molecule has 0 saturated carbocycles. The zero-order valence-electron chi connectivity index (χ0n) is 11.3. The van der Waals surface area contributed by atoms with E-state index in [4.69, 9.17) is 9.05 Å². The van der Waals surface area contributed by atoms with Gasteiger partial charge in [0.1, 0.15) is 11.5 Å². The van der Waals surface area contributed by atoms with Crippen molar-refractivity contribution in [1.82, 2.24) is 0 Å². The van der Waals surface area contributed by atoms with E-state index in [2.05, 4.69) is 0 Å². The Hall–Kier alpha value is -2.97. The van der Waals surface area contributed by atoms with E-state index in [0.717, 1.165) is 12.1 Å². The first kappa shape index (κ1) is 16.4. The van der Waals surface area contributed by atoms with Gasteiger partial charge in [0.05, 0.1) is 22.0 Å². The number of nitrogens with zero attached hydrogens (tertiary/aromatic N) is 2. The maximum absolute atomic E-state index is 11.9. The van der Waals surface area contributed by atoms with E-state index >= 15 is 0 Å². The van der Waals surface area contributed by atoms with Gasteiger partial charge in [-0.05, 0) is 12.1 Å². The summed E-state index contributed by atoms with van der Waals surface area (Å²) in [4.78, 5) is 29.5. The van der Waals surface area contributed by atoms with Crippen LogP contribution in [0.3, 0.4) is 0 Å². The Bertz CT molecular complexity index is 746. The van der Waals surface area contributed by atoms with Crippen LogP contribution >= 0.6 is 7.82 Å². The third kappa shape index (κ3) is 4.50. The monoisotopic (exact) mass is 340 g/mol. The number of benzene rings is 2. The Kier molecular flexibility index (Phi) is 4.58. The number of rotatable bonds is 6. The number of hydrogen-bond donors (Lipinski definition) is 1. The van der Waals surface area contributed by atoms with Crippen LogP contribution in [0.2, 0.25) is 0 Å². The molecule has 0 aliphatic heterocycles. The first-order valence-electron chi connectivity index (χ1n) is 5.98. The lowest BCUT2D eigenvalue weighted by Crippen LogP contribution is -2.00. The summed E-state index contributed by atoms with van der Waals surface area (Å²) in [6.07, 6.45) is 0. The van der Waals surface area contributed by atoms with Gasteiger partial charge in [-0.1, -0.05) is 12.1 Å². The molecule has 0 bridgehead atoms. The average molecular weight is 340 g/mol. The highest BCUT2D eigenvalue weighted by Crippen LogP contribution is 2.45. The van der Waals surface area contributed by atoms with E-state index < -0.39 is 17.7 Å². The van der Waals surface area contributed by atoms with E-state index in [1.54, 1.807) is 0 Å². The van der Waals surface area contributed by atoms with Gasteiger partial charge in [0.15, 0.2) is 0 Å². The molecule has 0 atom stereocenters. The molecule has 0 radical (unpaired) electrons. The molecule has 1 N–H and O–H groups in total. The number of hydrogen-bond acceptors (Lipinski definition) is 7. The number of nitro benzene ring substituents is 2. The van der Waals surface area contributed by atoms with Gasteiger partial charge in [-0.25, -0.2) is 4.57 Å². The molecule has 23 heavy (non-hydrogen) atoms. The number of nitro groups is 2. The third-order valence-electron chi connectivity index (χ3n) is 2.50. The predicted molar refractivity (Wildman–Crippen MR) is 77.3 cm³/mol. The zero-order chi connectivity index (χ0) is 17.0. The largest absolute Gasteiger partial charge is 0.584 e. The van der Waals surface area contributed by atoms with Crippen LogP contribution in [0.1, 0.15) is 0 Å². The highest BCUT2D eigenvalue weighted by Gasteiger charge is 2.26. The lowest BCUT2D eigenvalue weighted by Gasteiger charge is -2.13. The molecule has 2 aromatic rings. The molecular weight excluding hydrogens is 331 g/mol. The second kappa shape index (κ2) is 6.42. The van der Waals surface area contributed by atoms with Gasteiger partial charge in [0.25, 0.3) is 11.4 Å². The molecule has 0 amide bonds. The Morgan fingerprint density at radius 2 is 1.26 bits per heavy atom. The summed E-state index contributed by atoms with van der Waals surface area (Å²) in [5, 5.41) is 21.3. The standard InChI is InChI=1S/C12H9N2O8P/c15-13(16)9-3-1-5-11(7-9)21-23(19,20)22-12-6-2-4-10(8-12)14(17)18/h1-8H,(H,19,20). The molecule has 10 nitrogen and oxygen atoms in total. The summed E-state index contributed by atoms with van der Waals surface area (Å²) in [5.74, 6) is -0.508. The minimum Gasteiger partial charge on any atom is -0.395 e. The van der Waals surface area contributed by atoms with Gasteiger partial charge in [-0.3, -0.25) is 25.1 Å². The highest BCUT2D eigenvalue weighted by molar-refractivity contribution is 7.48. The Labute approximate surface area is 128 Å². The quantitative estimate of drug-likeness (QED) is 0.480. The van der Waals surface area contributed by atoms with Gasteiger partial charge >= 0.3 is 7.82 Å². The van der Waals surface area contributed by atoms with Crippen LogP contribution in [-0.2, 0) is 4.57 Å². The van der Waals surface area contributed by atoms with Crippen LogP contribution in [-0.4, -0.2) is 14.7 Å². The highest BCUT2D eigenvalue weighted by atomic mass is 31.2. The average Bonchev–Trinajstić information content (AvgIpc) is 2.46. The Morgan fingerprint density at radius 1 is 0.870 bits per heavy atom. The van der Waals surface area contributed by atoms with Crippen molar-refractivity contribution in [2.75, 3.05) is 0 Å². The molecule has 2 aromatic carbocycles. The minimum atomic E-state index is -4.68. The van der Waals surface area contributed by atoms with Crippen LogP contribution in [0.5, 0.6) is 11.5 Å². The van der Waals surface area contributed by atoms with Crippen LogP contribution < -0.4 is 9.05 Å². The fourth-order valence-electron chi connectivity index (χ4n) is 1.59. The van der Waals surface area contributed by atoms with Crippen molar-refractivity contribution in [3.8, 4) is 11.5 Å². The molecule has 0 aliphatic carbocycles. The first-order chi connectivity index (χ1) is 10.8. The van der Waals surface area contributed by atoms with E-state index in [1.807, 2.05) is 0 Å². The summed E-state index contributed by atoms with van der Waals surface area (Å²) in [6.45, 7) is 0. The normalized spacial score (nSPS) is 10.8. The fraction of sp³-hybridized carbons (Fsp3) is 0. The SMILES string of the molecule is O=[N+]([O-])c1cccc(OP(=O)(O)Oc2cccc([N+](=O)[O-])c2)c1. The molecule has 2 rings (SSSR count). The van der Waals surface area contributed by atoms with E-state index in [-0.39, 0.29) is 22.9 Å². The van der Waals surface area contributed by atoms with Crippen LogP contribution in [0.25, 0.3) is 0 Å². The lowest BCUT2D eigenvalue weighted by atomic mass is 10.3. The van der Waals surface area contributed by atoms with Gasteiger partial charge < -0.3 is 9.05 Å². The topological polar surface area (TPSA) is 142 Å². The van der Waals surface area contributed by atoms with Gasteiger partial charge in [0.2, 0.25) is 0 Å². The number of phosphoric ester groups is 1. The smallest absolute Gasteiger partial charge is 0.395 e. The zero-order valence-corrected chi connectivity index (χ0v) is 12.2. The second-order valence-electron chi connectivity index (χ2n) is 4.16. The molecule has 0 spiro atoms. The van der Waals surface area contributed by atoms with E-state index in [1.165, 1.54) is 36.4 Å². The van der Waals surface area contributed by atoms with Crippen LogP contribution in [0, 0.1) is 20.2 Å². The van der Waals surface area contributed by atoms with Crippen LogP contribution in [0.4, 0.5) is 11.4 Å². The fourth-order valence-corrected chi connectivity index (χ4v) is 2.39. The first-order valence-corrected chi connectivity index (χ1v) is 7.47. The Balaban J connectivity index is 2.17. The molecule has 0 fully saturated rings. The molecule has 0 heterocycles. The summed E-state index contributed by atoms with van der Waals surface area (Å²) in [5.41, 5.74) is -0.671. The van der Waals surface area contributed by atoms with Crippen molar-refractivity contribution in [3.05, 3.63) is 68.8 Å². The van der Waals surface area contributed by atoms with Crippen molar-refractivity contribution in [2.45, 2.75) is 0 Å². The molecule has 0 saturated heterocycles. The number of phosphoric acid groups is 1. The minimum absolute atomic E-state index is 0.254. The van der Waals surface area contributed by atoms with Crippen molar-refractivity contribution in [2.24, 2.45) is 0 Å². The van der Waals surface area contributed by atoms with E-state index in [0.29, 0.717) is 0 Å². The van der Waals surface area contributed by atoms with E-state index in [9.17, 15) is 29.7 Å². The Morgan fingerprint density at radius 3 is 1.61 bits per heavy atom. The van der Waals surface area contributed by atoms with Crippen molar-refractivity contribution in [1.29, 1.82) is 0 Å². The van der Waals surface area contributed by atoms with Gasteiger partial charge in [-0.15, -0.1) is 0 Å². The van der Waals surface area contributed by atoms with Crippen molar-refractivity contribution in [3.63, 3.8) is 0 Å². The van der Waals surface area contributed by atoms with Crippen molar-refractivity contribution >= 4 is 19.2 Å². The van der Waals surface area contributed by atoms with Crippen molar-refractivity contribution < 1.29 is 28.4 Å². The summed E-state index contributed by atoms with van der Waals surface area (Å²) in [6, 6.07) is 9.23. The third-order valence-corrected chi connectivity index (χ3v) is 3.38. The maximum atomic E-state index is 11.9. The molecule has 0 unspecified atom stereocenters. The van der Waals surface area contributed by atoms with Gasteiger partial charge in [0, 0.05) is 12.1 Å². The summed E-state index contributed by atoms with van der Waals surface area (Å²) < 4.78 is 21.3. The molecule has 11 heteroatoms. The van der Waals surface area contributed by atoms with Gasteiger partial charge in [-0.2, -0.15) is 0 Å². The predicted octanol–water partition coefficient (Wildman–Crippen LogP) is 3.06. The lowest BCUT2D eigenvalue weighted by molar-refractivity contribution is -0.385. The summed E-state index contributed by atoms with van der Waals surface area (Å²) >= 11 is 0. The molecule has 120 valence electrons. The second-order valence-corrected chi connectivity index (χ2v) is 5.46. The number of non-ortho nitro benzene ring substituents is 2. The molecular formula is C12H9N2O8P.